The van der Waals surface area contributed by atoms with Gasteiger partial charge in [-0.25, -0.2) is 36.4 Å². The van der Waals surface area contributed by atoms with Gasteiger partial charge in [0.15, 0.2) is 0 Å². The summed E-state index contributed by atoms with van der Waals surface area (Å²) >= 11 is 2.16. The summed E-state index contributed by atoms with van der Waals surface area (Å²) in [5.41, 5.74) is 11.8. The van der Waals surface area contributed by atoms with Crippen LogP contribution in [0.4, 0.5) is 0 Å². The average molecular weight is 1130 g/mol. The molecule has 0 saturated carbocycles. The number of aryl methyl sites for hydroxylation is 4. The molecular weight excluding hydrogens is 1080 g/mol. The molecule has 0 unspecified atom stereocenters. The van der Waals surface area contributed by atoms with E-state index in [0.29, 0.717) is 0 Å². The monoisotopic (exact) mass is 1130 g/mol. The minimum atomic E-state index is 0. The number of fused-ring (bicyclic) bond motifs is 2. The second-order valence-electron chi connectivity index (χ2n) is 13.8. The number of rotatable bonds is 4. The van der Waals surface area contributed by atoms with E-state index < -0.39 is 0 Å². The summed E-state index contributed by atoms with van der Waals surface area (Å²) in [6.45, 7) is 0. The fraction of sp³-hybridized carbons (Fsp3) is 0.185. The molecule has 0 fully saturated rings. The minimum Gasteiger partial charge on any atom is -0.210 e. The average Bonchev–Trinajstić information content (AvgIpc) is 4.15. The summed E-state index contributed by atoms with van der Waals surface area (Å²) in [6, 6.07) is 55.8. The molecule has 0 radical (unpaired) electrons. The van der Waals surface area contributed by atoms with E-state index in [1.54, 1.807) is 22.3 Å². The van der Waals surface area contributed by atoms with Crippen molar-refractivity contribution >= 4 is 6.51 Å². The van der Waals surface area contributed by atoms with Crippen molar-refractivity contribution in [1.29, 1.82) is 0 Å². The molecule has 0 spiro atoms. The first-order valence-corrected chi connectivity index (χ1v) is 23.6. The summed E-state index contributed by atoms with van der Waals surface area (Å²) in [7, 11) is 0. The molecule has 0 aliphatic heterocycles. The van der Waals surface area contributed by atoms with Crippen LogP contribution in [0.25, 0.3) is 0 Å². The Hall–Kier alpha value is -3.40. The fourth-order valence-electron chi connectivity index (χ4n) is 6.66. The zero-order valence-corrected chi connectivity index (χ0v) is 42.0. The van der Waals surface area contributed by atoms with Crippen LogP contribution in [-0.2, 0) is 73.5 Å². The molecule has 0 atom stereocenters. The SMILES string of the molecule is [C-]1=CC=CC1.[C-]1=CC=CC1.[Cl-].[Cl-].[Hf+2]=[C](c1ccccc1)c1ccccc1.[Hf+2]=[C](c1ccccc1)c1ccccc1.c1cc2c([cH-]1)CCCC2.c1cc2c([cH-]1)CCCC2. The predicted octanol–water partition coefficient (Wildman–Crippen LogP) is 6.79. The molecule has 4 heteroatoms. The molecule has 4 aliphatic carbocycles. The Balaban J connectivity index is 0.000000192. The Labute approximate surface area is 390 Å². The van der Waals surface area contributed by atoms with Crippen LogP contribution in [-0.4, -0.2) is 6.51 Å². The van der Waals surface area contributed by atoms with Crippen LogP contribution >= 0.6 is 0 Å². The number of hydrogen-bond acceptors (Lipinski definition) is 0. The first-order valence-electron chi connectivity index (χ1n) is 20.0. The minimum absolute atomic E-state index is 0. The van der Waals surface area contributed by atoms with Crippen molar-refractivity contribution < 1.29 is 72.6 Å². The zero-order valence-electron chi connectivity index (χ0n) is 33.3. The molecule has 0 saturated heterocycles. The molecular formula is C54H52Cl2Hf2-2. The van der Waals surface area contributed by atoms with Crippen LogP contribution in [0.1, 0.15) is 83.0 Å². The third-order valence-electron chi connectivity index (χ3n) is 9.72. The van der Waals surface area contributed by atoms with Gasteiger partial charge in [0.1, 0.15) is 0 Å². The van der Waals surface area contributed by atoms with Gasteiger partial charge in [0.05, 0.1) is 0 Å². The summed E-state index contributed by atoms with van der Waals surface area (Å²) in [4.78, 5) is 0. The Morgan fingerprint density at radius 3 is 0.966 bits per heavy atom. The summed E-state index contributed by atoms with van der Waals surface area (Å²) in [5, 5.41) is 0. The molecule has 0 bridgehead atoms. The first-order chi connectivity index (χ1) is 27.7. The molecule has 292 valence electrons. The van der Waals surface area contributed by atoms with Gasteiger partial charge >= 0.3 is 198 Å². The van der Waals surface area contributed by atoms with Crippen molar-refractivity contribution in [1.82, 2.24) is 0 Å². The van der Waals surface area contributed by atoms with Crippen molar-refractivity contribution in [2.75, 3.05) is 0 Å². The molecule has 4 aliphatic rings. The predicted molar refractivity (Wildman–Crippen MR) is 233 cm³/mol. The number of hydrogen-bond donors (Lipinski definition) is 0. The van der Waals surface area contributed by atoms with E-state index in [1.807, 2.05) is 24.3 Å². The topological polar surface area (TPSA) is 0 Å². The number of allylic oxidation sites excluding steroid dienone is 8. The maximum absolute atomic E-state index is 2.99. The van der Waals surface area contributed by atoms with E-state index in [1.165, 1.54) is 80.1 Å². The second kappa shape index (κ2) is 29.8. The van der Waals surface area contributed by atoms with Crippen LogP contribution in [0.3, 0.4) is 0 Å². The summed E-state index contributed by atoms with van der Waals surface area (Å²) < 4.78 is 2.93. The van der Waals surface area contributed by atoms with Crippen LogP contribution in [0.5, 0.6) is 0 Å². The van der Waals surface area contributed by atoms with E-state index in [4.69, 9.17) is 0 Å². The molecule has 6 aromatic rings. The molecule has 0 heterocycles. The van der Waals surface area contributed by atoms with Crippen molar-refractivity contribution in [3.63, 3.8) is 0 Å². The van der Waals surface area contributed by atoms with E-state index in [-0.39, 0.29) is 24.8 Å². The quantitative estimate of drug-likeness (QED) is 0.135. The normalized spacial score (nSPS) is 13.2. The molecule has 6 aromatic carbocycles. The van der Waals surface area contributed by atoms with Gasteiger partial charge in [-0.2, -0.15) is 58.7 Å². The van der Waals surface area contributed by atoms with E-state index in [9.17, 15) is 0 Å². The Morgan fingerprint density at radius 2 is 0.724 bits per heavy atom. The van der Waals surface area contributed by atoms with Gasteiger partial charge in [0.2, 0.25) is 0 Å². The smallest absolute Gasteiger partial charge is 0.0512 e. The van der Waals surface area contributed by atoms with Crippen molar-refractivity contribution in [2.45, 2.75) is 64.2 Å². The van der Waals surface area contributed by atoms with Crippen LogP contribution in [0.2, 0.25) is 0 Å². The second-order valence-corrected chi connectivity index (χ2v) is 17.4. The van der Waals surface area contributed by atoms with E-state index in [0.717, 1.165) is 60.6 Å². The molecule has 58 heavy (non-hydrogen) atoms. The Bertz CT molecular complexity index is 1820. The fourth-order valence-corrected chi connectivity index (χ4v) is 9.05. The largest absolute Gasteiger partial charge is 0.210 e. The van der Waals surface area contributed by atoms with Gasteiger partial charge in [0, 0.05) is 0 Å². The standard InChI is InChI=1S/2C13H10.2C9H11.2C5H5.2ClH.2Hf/c2*1-3-7-12(8-4-1)11-13-9-5-2-6-10-13;2*1-2-5-9-7-3-6-8(9)4-1;2*1-2-4-5-3-1;;;;/h2*1-10H;2*3,6-7H,1-2,4-5H2;2*1-3H,4H2;2*1H;;/q;;4*-1;;;2*+2/p-2. The zero-order chi connectivity index (χ0) is 38.9. The summed E-state index contributed by atoms with van der Waals surface area (Å²) in [5.74, 6) is 0. The Morgan fingerprint density at radius 1 is 0.414 bits per heavy atom. The third-order valence-corrected chi connectivity index (χ3v) is 13.9. The molecule has 10 rings (SSSR count). The van der Waals surface area contributed by atoms with Crippen LogP contribution < -0.4 is 24.8 Å². The molecule has 0 amide bonds. The van der Waals surface area contributed by atoms with Gasteiger partial charge in [0.25, 0.3) is 0 Å². The third kappa shape index (κ3) is 17.8. The maximum atomic E-state index is 2.99. The van der Waals surface area contributed by atoms with Crippen molar-refractivity contribution in [3.8, 4) is 0 Å². The van der Waals surface area contributed by atoms with Gasteiger partial charge in [-0.05, 0) is 0 Å². The van der Waals surface area contributed by atoms with Gasteiger partial charge in [-0.15, -0.1) is 12.8 Å². The molecule has 0 N–H and O–H groups in total. The van der Waals surface area contributed by atoms with Crippen LogP contribution in [0.15, 0.2) is 194 Å². The first kappa shape index (κ1) is 49.0. The van der Waals surface area contributed by atoms with Crippen molar-refractivity contribution in [2.24, 2.45) is 0 Å². The maximum Gasteiger partial charge on any atom is -0.0512 e. The van der Waals surface area contributed by atoms with Crippen LogP contribution in [0, 0.1) is 12.2 Å². The number of halogens is 2. The van der Waals surface area contributed by atoms with Crippen molar-refractivity contribution in [3.05, 3.63) is 251 Å². The number of benzene rings is 4. The molecule has 0 nitrogen and oxygen atoms in total. The van der Waals surface area contributed by atoms with Gasteiger partial charge < -0.3 is 24.8 Å². The van der Waals surface area contributed by atoms with E-state index in [2.05, 4.69) is 182 Å². The molecule has 0 aromatic heterocycles. The summed E-state index contributed by atoms with van der Waals surface area (Å²) in [6.07, 6.45) is 30.9. The Kier molecular flexibility index (Phi) is 25.1. The van der Waals surface area contributed by atoms with E-state index >= 15 is 0 Å². The van der Waals surface area contributed by atoms with Gasteiger partial charge in [-0.1, -0.05) is 51.4 Å². The van der Waals surface area contributed by atoms with Gasteiger partial charge in [-0.3, -0.25) is 12.2 Å².